The Kier molecular flexibility index (Phi) is 3.07. The molecule has 0 aromatic rings. The zero-order valence-corrected chi connectivity index (χ0v) is 13.1. The molecule has 2 heterocycles. The Balaban J connectivity index is 1.81. The van der Waals surface area contributed by atoms with Crippen LogP contribution in [0.15, 0.2) is 63.4 Å². The minimum atomic E-state index is -0.117. The van der Waals surface area contributed by atoms with Gasteiger partial charge in [-0.2, -0.15) is 0 Å². The van der Waals surface area contributed by atoms with E-state index in [0.29, 0.717) is 17.0 Å². The standard InChI is InChI=1S/C16H14BrN3O2/c17-8-5-6-9-12(7-8)19-16(21)13(9)15-14(20-22)10-3-1-2-4-11(10)18-15/h1-7,9-12,18,22H,(H,19,21)/b15-13-,20-14-. The molecule has 5 nitrogen and oxygen atoms in total. The molecule has 1 amide bonds. The second-order valence-electron chi connectivity index (χ2n) is 5.68. The maximum absolute atomic E-state index is 12.4. The molecule has 4 aliphatic rings. The van der Waals surface area contributed by atoms with Gasteiger partial charge in [0.1, 0.15) is 5.71 Å². The van der Waals surface area contributed by atoms with E-state index in [-0.39, 0.29) is 29.8 Å². The lowest BCUT2D eigenvalue weighted by Gasteiger charge is -2.17. The van der Waals surface area contributed by atoms with Crippen molar-refractivity contribution >= 4 is 27.5 Å². The summed E-state index contributed by atoms with van der Waals surface area (Å²) in [5.41, 5.74) is 1.81. The van der Waals surface area contributed by atoms with Crippen LogP contribution in [0.5, 0.6) is 0 Å². The molecule has 2 saturated heterocycles. The van der Waals surface area contributed by atoms with Crippen LogP contribution in [0.4, 0.5) is 0 Å². The number of oxime groups is 1. The number of halogens is 1. The summed E-state index contributed by atoms with van der Waals surface area (Å²) in [5, 5.41) is 19.2. The Bertz CT molecular complexity index is 730. The number of rotatable bonds is 0. The fourth-order valence-corrected chi connectivity index (χ4v) is 3.90. The fourth-order valence-electron chi connectivity index (χ4n) is 3.46. The molecule has 0 aromatic carbocycles. The van der Waals surface area contributed by atoms with Crippen molar-refractivity contribution in [3.63, 3.8) is 0 Å². The van der Waals surface area contributed by atoms with Crippen molar-refractivity contribution in [3.8, 4) is 0 Å². The van der Waals surface area contributed by atoms with E-state index in [1.165, 1.54) is 0 Å². The van der Waals surface area contributed by atoms with Crippen molar-refractivity contribution in [1.82, 2.24) is 10.6 Å². The van der Waals surface area contributed by atoms with Gasteiger partial charge in [-0.3, -0.25) is 4.79 Å². The van der Waals surface area contributed by atoms with Crippen molar-refractivity contribution in [3.05, 3.63) is 58.3 Å². The highest BCUT2D eigenvalue weighted by molar-refractivity contribution is 9.11. The van der Waals surface area contributed by atoms with Crippen LogP contribution in [0, 0.1) is 11.8 Å². The molecular formula is C16H14BrN3O2. The van der Waals surface area contributed by atoms with Crippen LogP contribution < -0.4 is 10.6 Å². The third-order valence-electron chi connectivity index (χ3n) is 4.46. The molecule has 0 bridgehead atoms. The number of nitrogens with one attached hydrogen (secondary N) is 2. The van der Waals surface area contributed by atoms with Gasteiger partial charge < -0.3 is 15.8 Å². The zero-order chi connectivity index (χ0) is 15.3. The molecule has 3 N–H and O–H groups in total. The Labute approximate surface area is 136 Å². The highest BCUT2D eigenvalue weighted by atomic mass is 79.9. The molecule has 112 valence electrons. The lowest BCUT2D eigenvalue weighted by Crippen LogP contribution is -2.27. The summed E-state index contributed by atoms with van der Waals surface area (Å²) in [5.74, 6) is -0.214. The summed E-state index contributed by atoms with van der Waals surface area (Å²) in [6.45, 7) is 0. The molecule has 2 aliphatic heterocycles. The van der Waals surface area contributed by atoms with Crippen molar-refractivity contribution < 1.29 is 10.0 Å². The molecule has 4 rings (SSSR count). The molecule has 2 aliphatic carbocycles. The van der Waals surface area contributed by atoms with Gasteiger partial charge in [0.05, 0.1) is 23.4 Å². The van der Waals surface area contributed by atoms with Crippen molar-refractivity contribution in [2.24, 2.45) is 17.0 Å². The van der Waals surface area contributed by atoms with Gasteiger partial charge in [0.25, 0.3) is 5.91 Å². The lowest BCUT2D eigenvalue weighted by molar-refractivity contribution is -0.116. The van der Waals surface area contributed by atoms with Gasteiger partial charge in [-0.05, 0) is 6.08 Å². The topological polar surface area (TPSA) is 73.7 Å². The highest BCUT2D eigenvalue weighted by Crippen LogP contribution is 2.36. The van der Waals surface area contributed by atoms with Crippen LogP contribution in [-0.4, -0.2) is 28.9 Å². The first-order valence-electron chi connectivity index (χ1n) is 7.13. The minimum Gasteiger partial charge on any atom is -0.411 e. The average molecular weight is 360 g/mol. The van der Waals surface area contributed by atoms with E-state index in [1.54, 1.807) is 0 Å². The highest BCUT2D eigenvalue weighted by Gasteiger charge is 2.44. The molecule has 22 heavy (non-hydrogen) atoms. The Hall–Kier alpha value is -2.08. The van der Waals surface area contributed by atoms with E-state index in [0.717, 1.165) is 4.48 Å². The third-order valence-corrected chi connectivity index (χ3v) is 4.99. The molecule has 0 radical (unpaired) electrons. The number of hydrogen-bond donors (Lipinski definition) is 3. The molecule has 6 heteroatoms. The molecule has 2 fully saturated rings. The van der Waals surface area contributed by atoms with Crippen LogP contribution in [0.1, 0.15) is 0 Å². The van der Waals surface area contributed by atoms with Crippen LogP contribution >= 0.6 is 15.9 Å². The summed E-state index contributed by atoms with van der Waals surface area (Å²) >= 11 is 3.43. The van der Waals surface area contributed by atoms with Crippen molar-refractivity contribution in [2.75, 3.05) is 0 Å². The summed E-state index contributed by atoms with van der Waals surface area (Å²) in [6.07, 6.45) is 13.8. The van der Waals surface area contributed by atoms with Gasteiger partial charge in [-0.25, -0.2) is 0 Å². The van der Waals surface area contributed by atoms with Gasteiger partial charge in [0.2, 0.25) is 0 Å². The first-order valence-corrected chi connectivity index (χ1v) is 7.93. The second kappa shape index (κ2) is 4.98. The Morgan fingerprint density at radius 2 is 1.91 bits per heavy atom. The molecule has 4 atom stereocenters. The maximum Gasteiger partial charge on any atom is 0.250 e. The molecule has 0 spiro atoms. The maximum atomic E-state index is 12.4. The number of carbonyl (C=O) groups excluding carboxylic acids is 1. The van der Waals surface area contributed by atoms with E-state index in [1.807, 2.05) is 42.5 Å². The normalized spacial score (nSPS) is 40.3. The minimum absolute atomic E-state index is 0.0279. The SMILES string of the molecule is O=C1NC2C=C(Br)C=CC2/C1=C1/NC2C=CC=CC2/C1=N/O. The largest absolute Gasteiger partial charge is 0.411 e. The number of fused-ring (bicyclic) bond motifs is 2. The van der Waals surface area contributed by atoms with E-state index in [2.05, 4.69) is 31.7 Å². The zero-order valence-electron chi connectivity index (χ0n) is 11.5. The first kappa shape index (κ1) is 13.6. The van der Waals surface area contributed by atoms with Gasteiger partial charge in [0, 0.05) is 16.3 Å². The van der Waals surface area contributed by atoms with Gasteiger partial charge in [0.15, 0.2) is 0 Å². The van der Waals surface area contributed by atoms with Crippen LogP contribution in [0.25, 0.3) is 0 Å². The monoisotopic (exact) mass is 359 g/mol. The number of amides is 1. The van der Waals surface area contributed by atoms with Crippen LogP contribution in [0.2, 0.25) is 0 Å². The predicted molar refractivity (Wildman–Crippen MR) is 86.5 cm³/mol. The summed E-state index contributed by atoms with van der Waals surface area (Å²) in [4.78, 5) is 12.4. The Morgan fingerprint density at radius 1 is 1.09 bits per heavy atom. The third kappa shape index (κ3) is 1.90. The lowest BCUT2D eigenvalue weighted by atomic mass is 9.88. The summed E-state index contributed by atoms with van der Waals surface area (Å²) in [7, 11) is 0. The summed E-state index contributed by atoms with van der Waals surface area (Å²) in [6, 6.07) is -0.0371. The average Bonchev–Trinajstić information content (AvgIpc) is 3.02. The van der Waals surface area contributed by atoms with E-state index in [4.69, 9.17) is 0 Å². The van der Waals surface area contributed by atoms with Crippen LogP contribution in [0.3, 0.4) is 0 Å². The molecule has 4 unspecified atom stereocenters. The smallest absolute Gasteiger partial charge is 0.250 e. The second-order valence-corrected chi connectivity index (χ2v) is 6.59. The van der Waals surface area contributed by atoms with E-state index in [9.17, 15) is 10.0 Å². The molecule has 0 aromatic heterocycles. The fraction of sp³-hybridized carbons (Fsp3) is 0.250. The number of hydrogen-bond acceptors (Lipinski definition) is 4. The predicted octanol–water partition coefficient (Wildman–Crippen LogP) is 1.75. The number of nitrogens with zero attached hydrogens (tertiary/aromatic N) is 1. The Morgan fingerprint density at radius 3 is 2.73 bits per heavy atom. The molecular weight excluding hydrogens is 346 g/mol. The van der Waals surface area contributed by atoms with Gasteiger partial charge in [-0.1, -0.05) is 57.5 Å². The van der Waals surface area contributed by atoms with Crippen molar-refractivity contribution in [1.29, 1.82) is 0 Å². The van der Waals surface area contributed by atoms with Gasteiger partial charge >= 0.3 is 0 Å². The van der Waals surface area contributed by atoms with E-state index < -0.39 is 0 Å². The summed E-state index contributed by atoms with van der Waals surface area (Å²) < 4.78 is 0.954. The van der Waals surface area contributed by atoms with E-state index >= 15 is 0 Å². The van der Waals surface area contributed by atoms with Crippen molar-refractivity contribution in [2.45, 2.75) is 12.1 Å². The molecule has 0 saturated carbocycles. The van der Waals surface area contributed by atoms with Gasteiger partial charge in [-0.15, -0.1) is 0 Å². The number of carbonyl (C=O) groups is 1. The quantitative estimate of drug-likeness (QED) is 0.350. The van der Waals surface area contributed by atoms with Crippen LogP contribution in [-0.2, 0) is 4.79 Å². The first-order chi connectivity index (χ1) is 10.7. The number of allylic oxidation sites excluding steroid dienone is 5.